The first-order valence-corrected chi connectivity index (χ1v) is 7.97. The minimum Gasteiger partial charge on any atom is -0.369 e. The number of anilines is 1. The van der Waals surface area contributed by atoms with Gasteiger partial charge in [0.15, 0.2) is 0 Å². The number of nitrogens with zero attached hydrogens (tertiary/aromatic N) is 1. The first-order valence-electron chi connectivity index (χ1n) is 6.26. The van der Waals surface area contributed by atoms with E-state index in [-0.39, 0.29) is 5.41 Å². The minimum absolute atomic E-state index is 0.223. The Bertz CT molecular complexity index is 406. The van der Waals surface area contributed by atoms with Crippen molar-refractivity contribution >= 4 is 44.9 Å². The van der Waals surface area contributed by atoms with Crippen molar-refractivity contribution in [3.8, 4) is 0 Å². The average molecular weight is 352 g/mol. The second-order valence-corrected chi connectivity index (χ2v) is 6.59. The van der Waals surface area contributed by atoms with Gasteiger partial charge in [-0.25, -0.2) is 4.98 Å². The lowest BCUT2D eigenvalue weighted by Crippen LogP contribution is -2.34. The SMILES string of the molecule is ClCC1(CNc2ncc(Cl)cc2Br)CCCCC1. The number of pyridine rings is 1. The van der Waals surface area contributed by atoms with Crippen LogP contribution in [0.2, 0.25) is 5.02 Å². The van der Waals surface area contributed by atoms with E-state index in [0.717, 1.165) is 16.8 Å². The molecule has 18 heavy (non-hydrogen) atoms. The number of nitrogens with one attached hydrogen (secondary N) is 1. The van der Waals surface area contributed by atoms with Crippen molar-refractivity contribution in [2.45, 2.75) is 32.1 Å². The molecule has 0 saturated heterocycles. The first-order chi connectivity index (χ1) is 8.65. The molecule has 1 fully saturated rings. The number of rotatable bonds is 4. The van der Waals surface area contributed by atoms with E-state index < -0.39 is 0 Å². The fourth-order valence-corrected chi connectivity index (χ4v) is 3.62. The number of halogens is 3. The Balaban J connectivity index is 2.01. The molecule has 5 heteroatoms. The summed E-state index contributed by atoms with van der Waals surface area (Å²) in [5, 5.41) is 4.04. The molecule has 0 spiro atoms. The zero-order chi connectivity index (χ0) is 13.0. The van der Waals surface area contributed by atoms with Crippen LogP contribution in [0.5, 0.6) is 0 Å². The fraction of sp³-hybridized carbons (Fsp3) is 0.615. The molecule has 0 atom stereocenters. The average Bonchev–Trinajstić information content (AvgIpc) is 2.39. The molecule has 1 aliphatic carbocycles. The monoisotopic (exact) mass is 350 g/mol. The summed E-state index contributed by atoms with van der Waals surface area (Å²) in [5.41, 5.74) is 0.223. The molecule has 0 unspecified atom stereocenters. The van der Waals surface area contributed by atoms with Gasteiger partial charge in [0.25, 0.3) is 0 Å². The van der Waals surface area contributed by atoms with Gasteiger partial charge in [0, 0.05) is 24.0 Å². The highest BCUT2D eigenvalue weighted by atomic mass is 79.9. The third-order valence-electron chi connectivity index (χ3n) is 3.64. The molecule has 100 valence electrons. The lowest BCUT2D eigenvalue weighted by molar-refractivity contribution is 0.238. The van der Waals surface area contributed by atoms with Gasteiger partial charge in [-0.3, -0.25) is 0 Å². The summed E-state index contributed by atoms with van der Waals surface area (Å²) in [6, 6.07) is 1.85. The Morgan fingerprint density at radius 2 is 2.06 bits per heavy atom. The molecule has 0 aromatic carbocycles. The molecule has 2 nitrogen and oxygen atoms in total. The minimum atomic E-state index is 0.223. The molecule has 1 saturated carbocycles. The lowest BCUT2D eigenvalue weighted by atomic mass is 9.75. The van der Waals surface area contributed by atoms with Crippen LogP contribution in [0, 0.1) is 5.41 Å². The van der Waals surface area contributed by atoms with Crippen LogP contribution in [-0.4, -0.2) is 17.4 Å². The molecule has 0 bridgehead atoms. The number of aromatic nitrogens is 1. The van der Waals surface area contributed by atoms with Crippen molar-refractivity contribution in [2.24, 2.45) is 5.41 Å². The highest BCUT2D eigenvalue weighted by Gasteiger charge is 2.31. The molecule has 1 aromatic heterocycles. The van der Waals surface area contributed by atoms with E-state index in [1.165, 1.54) is 32.1 Å². The van der Waals surface area contributed by atoms with Crippen molar-refractivity contribution in [3.05, 3.63) is 21.8 Å². The maximum atomic E-state index is 6.18. The summed E-state index contributed by atoms with van der Waals surface area (Å²) in [4.78, 5) is 4.29. The highest BCUT2D eigenvalue weighted by molar-refractivity contribution is 9.10. The predicted molar refractivity (Wildman–Crippen MR) is 81.7 cm³/mol. The second kappa shape index (κ2) is 6.44. The van der Waals surface area contributed by atoms with Gasteiger partial charge in [-0.05, 0) is 34.8 Å². The Morgan fingerprint density at radius 3 is 2.67 bits per heavy atom. The van der Waals surface area contributed by atoms with Crippen LogP contribution in [0.15, 0.2) is 16.7 Å². The Hall–Kier alpha value is 0.01000. The molecule has 1 heterocycles. The molecular weight excluding hydrogens is 335 g/mol. The third-order valence-corrected chi connectivity index (χ3v) is 5.01. The smallest absolute Gasteiger partial charge is 0.140 e. The third kappa shape index (κ3) is 3.52. The predicted octanol–water partition coefficient (Wildman–Crippen LogP) is 5.10. The van der Waals surface area contributed by atoms with E-state index in [1.807, 2.05) is 6.07 Å². The van der Waals surface area contributed by atoms with Crippen LogP contribution in [0.3, 0.4) is 0 Å². The van der Waals surface area contributed by atoms with Crippen molar-refractivity contribution in [3.63, 3.8) is 0 Å². The molecule has 1 aromatic rings. The van der Waals surface area contributed by atoms with Gasteiger partial charge in [-0.15, -0.1) is 11.6 Å². The number of alkyl halides is 1. The summed E-state index contributed by atoms with van der Waals surface area (Å²) >= 11 is 15.5. The standard InChI is InChI=1S/C13H17BrCl2N2/c14-11-6-10(16)7-17-12(11)18-9-13(8-15)4-2-1-3-5-13/h6-7H,1-5,8-9H2,(H,17,18). The maximum Gasteiger partial charge on any atom is 0.140 e. The quantitative estimate of drug-likeness (QED) is 0.763. The Kier molecular flexibility index (Phi) is 5.16. The van der Waals surface area contributed by atoms with Crippen molar-refractivity contribution in [1.82, 2.24) is 4.98 Å². The van der Waals surface area contributed by atoms with Crippen molar-refractivity contribution in [1.29, 1.82) is 0 Å². The van der Waals surface area contributed by atoms with E-state index in [0.29, 0.717) is 10.9 Å². The van der Waals surface area contributed by atoms with Crippen LogP contribution in [0.4, 0.5) is 5.82 Å². The van der Waals surface area contributed by atoms with Crippen molar-refractivity contribution in [2.75, 3.05) is 17.7 Å². The van der Waals surface area contributed by atoms with Gasteiger partial charge in [0.2, 0.25) is 0 Å². The summed E-state index contributed by atoms with van der Waals surface area (Å²) in [6.07, 6.45) is 7.96. The van der Waals surface area contributed by atoms with Crippen LogP contribution in [0.25, 0.3) is 0 Å². The zero-order valence-electron chi connectivity index (χ0n) is 10.2. The number of hydrogen-bond acceptors (Lipinski definition) is 2. The molecule has 0 amide bonds. The molecule has 1 aliphatic rings. The van der Waals surface area contributed by atoms with Crippen LogP contribution >= 0.6 is 39.1 Å². The van der Waals surface area contributed by atoms with E-state index in [9.17, 15) is 0 Å². The van der Waals surface area contributed by atoms with Gasteiger partial charge in [-0.2, -0.15) is 0 Å². The topological polar surface area (TPSA) is 24.9 Å². The van der Waals surface area contributed by atoms with Gasteiger partial charge in [0.1, 0.15) is 5.82 Å². The van der Waals surface area contributed by atoms with E-state index in [4.69, 9.17) is 23.2 Å². The zero-order valence-corrected chi connectivity index (χ0v) is 13.3. The van der Waals surface area contributed by atoms with Crippen LogP contribution < -0.4 is 5.32 Å². The molecule has 1 N–H and O–H groups in total. The summed E-state index contributed by atoms with van der Waals surface area (Å²) < 4.78 is 0.899. The van der Waals surface area contributed by atoms with E-state index in [2.05, 4.69) is 26.2 Å². The van der Waals surface area contributed by atoms with Gasteiger partial charge in [-0.1, -0.05) is 30.9 Å². The van der Waals surface area contributed by atoms with Crippen LogP contribution in [0.1, 0.15) is 32.1 Å². The maximum absolute atomic E-state index is 6.18. The van der Waals surface area contributed by atoms with Gasteiger partial charge >= 0.3 is 0 Å². The molecule has 0 radical (unpaired) electrons. The molecule has 2 rings (SSSR count). The van der Waals surface area contributed by atoms with Crippen molar-refractivity contribution < 1.29 is 0 Å². The number of hydrogen-bond donors (Lipinski definition) is 1. The van der Waals surface area contributed by atoms with E-state index in [1.54, 1.807) is 6.20 Å². The van der Waals surface area contributed by atoms with Crippen LogP contribution in [-0.2, 0) is 0 Å². The lowest BCUT2D eigenvalue weighted by Gasteiger charge is -2.35. The summed E-state index contributed by atoms with van der Waals surface area (Å²) in [6.45, 7) is 0.879. The second-order valence-electron chi connectivity index (χ2n) is 5.03. The first kappa shape index (κ1) is 14.4. The van der Waals surface area contributed by atoms with Gasteiger partial charge < -0.3 is 5.32 Å². The summed E-state index contributed by atoms with van der Waals surface area (Å²) in [5.74, 6) is 1.56. The summed E-state index contributed by atoms with van der Waals surface area (Å²) in [7, 11) is 0. The fourth-order valence-electron chi connectivity index (χ4n) is 2.48. The molecule has 0 aliphatic heterocycles. The van der Waals surface area contributed by atoms with E-state index >= 15 is 0 Å². The normalized spacial score (nSPS) is 18.6. The highest BCUT2D eigenvalue weighted by Crippen LogP contribution is 2.37. The van der Waals surface area contributed by atoms with Gasteiger partial charge in [0.05, 0.1) is 9.50 Å². The molecular formula is C13H17BrCl2N2. The Morgan fingerprint density at radius 1 is 1.33 bits per heavy atom. The Labute approximate surface area is 127 Å². The largest absolute Gasteiger partial charge is 0.369 e.